The van der Waals surface area contributed by atoms with E-state index in [0.717, 1.165) is 24.6 Å². The van der Waals surface area contributed by atoms with E-state index in [2.05, 4.69) is 32.4 Å². The van der Waals surface area contributed by atoms with Crippen molar-refractivity contribution in [1.29, 1.82) is 0 Å². The van der Waals surface area contributed by atoms with Gasteiger partial charge in [-0.25, -0.2) is 4.79 Å². The van der Waals surface area contributed by atoms with Crippen LogP contribution in [-0.2, 0) is 6.42 Å². The second-order valence-electron chi connectivity index (χ2n) is 8.61. The Balaban J connectivity index is 1.47. The Morgan fingerprint density at radius 2 is 1.72 bits per heavy atom. The minimum atomic E-state index is -0.442. The van der Waals surface area contributed by atoms with E-state index < -0.39 is 5.91 Å². The monoisotopic (exact) mass is 479 g/mol. The Bertz CT molecular complexity index is 1650. The van der Waals surface area contributed by atoms with Crippen LogP contribution in [0.5, 0.6) is 5.75 Å². The summed E-state index contributed by atoms with van der Waals surface area (Å²) in [5.74, 6) is -0.701. The highest BCUT2D eigenvalue weighted by Gasteiger charge is 2.18. The highest BCUT2D eigenvalue weighted by Crippen LogP contribution is 2.39. The standard InChI is InChI=1S/C28H25N5O3/c1-2-3-6-17-9-11-19(12-10-17)29-27(35)22-15-18-7-4-5-8-21(18)25(26(22)34)33-32-20-13-14-23-24(16-20)31-28(36)30-23/h4-5,7-16,34H,2-3,6H2,1H3,(H,29,35)(H2,30,31,36). The zero-order valence-corrected chi connectivity index (χ0v) is 19.7. The number of phenolic OH excluding ortho intramolecular Hbond substituents is 1. The van der Waals surface area contributed by atoms with E-state index in [9.17, 15) is 14.7 Å². The Morgan fingerprint density at radius 3 is 2.53 bits per heavy atom. The fourth-order valence-corrected chi connectivity index (χ4v) is 4.12. The van der Waals surface area contributed by atoms with E-state index >= 15 is 0 Å². The third kappa shape index (κ3) is 4.74. The highest BCUT2D eigenvalue weighted by atomic mass is 16.3. The Hall–Kier alpha value is -4.72. The second kappa shape index (κ2) is 9.87. The number of amides is 1. The van der Waals surface area contributed by atoms with Gasteiger partial charge >= 0.3 is 5.69 Å². The number of fused-ring (bicyclic) bond motifs is 2. The van der Waals surface area contributed by atoms with Gasteiger partial charge in [-0.1, -0.05) is 49.7 Å². The van der Waals surface area contributed by atoms with E-state index in [-0.39, 0.29) is 22.7 Å². The van der Waals surface area contributed by atoms with Crippen molar-refractivity contribution in [1.82, 2.24) is 9.97 Å². The van der Waals surface area contributed by atoms with Crippen LogP contribution in [0.1, 0.15) is 35.7 Å². The number of phenols is 1. The normalized spacial score (nSPS) is 11.5. The fraction of sp³-hybridized carbons (Fsp3) is 0.143. The number of azo groups is 1. The van der Waals surface area contributed by atoms with Gasteiger partial charge in [0.15, 0.2) is 5.75 Å². The summed E-state index contributed by atoms with van der Waals surface area (Å²) in [7, 11) is 0. The quantitative estimate of drug-likeness (QED) is 0.194. The Labute approximate surface area is 206 Å². The largest absolute Gasteiger partial charge is 0.505 e. The molecule has 0 saturated carbocycles. The number of anilines is 1. The molecule has 8 heteroatoms. The van der Waals surface area contributed by atoms with Gasteiger partial charge in [0.1, 0.15) is 5.69 Å². The Morgan fingerprint density at radius 1 is 0.944 bits per heavy atom. The van der Waals surface area contributed by atoms with Gasteiger partial charge in [0.2, 0.25) is 0 Å². The summed E-state index contributed by atoms with van der Waals surface area (Å²) in [6.45, 7) is 2.15. The lowest BCUT2D eigenvalue weighted by molar-refractivity contribution is 0.102. The van der Waals surface area contributed by atoms with Crippen molar-refractivity contribution in [2.75, 3.05) is 5.32 Å². The summed E-state index contributed by atoms with van der Waals surface area (Å²) >= 11 is 0. The highest BCUT2D eigenvalue weighted by molar-refractivity contribution is 6.11. The maximum atomic E-state index is 13.1. The van der Waals surface area contributed by atoms with Crippen LogP contribution in [0, 0.1) is 0 Å². The molecule has 0 aliphatic rings. The van der Waals surface area contributed by atoms with Crippen LogP contribution in [0.3, 0.4) is 0 Å². The molecule has 4 aromatic carbocycles. The molecule has 36 heavy (non-hydrogen) atoms. The fourth-order valence-electron chi connectivity index (χ4n) is 4.12. The smallest absolute Gasteiger partial charge is 0.323 e. The molecule has 1 aromatic heterocycles. The minimum Gasteiger partial charge on any atom is -0.505 e. The molecule has 0 bridgehead atoms. The van der Waals surface area contributed by atoms with Crippen molar-refractivity contribution < 1.29 is 9.90 Å². The van der Waals surface area contributed by atoms with Gasteiger partial charge in [-0.3, -0.25) is 4.79 Å². The van der Waals surface area contributed by atoms with Crippen molar-refractivity contribution in [2.45, 2.75) is 26.2 Å². The van der Waals surface area contributed by atoms with Gasteiger partial charge in [-0.2, -0.15) is 5.11 Å². The molecule has 5 rings (SSSR count). The molecule has 0 unspecified atom stereocenters. The molecule has 4 N–H and O–H groups in total. The molecule has 0 fully saturated rings. The summed E-state index contributed by atoms with van der Waals surface area (Å²) in [6, 6.07) is 21.8. The molecule has 5 aromatic rings. The molecule has 1 heterocycles. The molecular weight excluding hydrogens is 454 g/mol. The van der Waals surface area contributed by atoms with Crippen molar-refractivity contribution in [3.05, 3.63) is 94.4 Å². The molecule has 0 aliphatic heterocycles. The van der Waals surface area contributed by atoms with Crippen LogP contribution in [0.15, 0.2) is 87.8 Å². The van der Waals surface area contributed by atoms with E-state index in [0.29, 0.717) is 27.8 Å². The van der Waals surface area contributed by atoms with Gasteiger partial charge < -0.3 is 20.4 Å². The molecule has 1 amide bonds. The molecule has 0 aliphatic carbocycles. The number of aromatic nitrogens is 2. The molecule has 0 saturated heterocycles. The van der Waals surface area contributed by atoms with Crippen LogP contribution >= 0.6 is 0 Å². The number of imidazole rings is 1. The lowest BCUT2D eigenvalue weighted by Crippen LogP contribution is -2.12. The number of unbranched alkanes of at least 4 members (excludes halogenated alkanes) is 1. The zero-order chi connectivity index (χ0) is 25.1. The first-order valence-corrected chi connectivity index (χ1v) is 11.8. The molecule has 0 atom stereocenters. The third-order valence-corrected chi connectivity index (χ3v) is 6.04. The first kappa shape index (κ1) is 23.0. The van der Waals surface area contributed by atoms with Gasteiger partial charge in [0.25, 0.3) is 5.91 Å². The van der Waals surface area contributed by atoms with E-state index in [1.54, 1.807) is 24.3 Å². The number of H-pyrrole nitrogens is 2. The number of carbonyl (C=O) groups excluding carboxylic acids is 1. The third-order valence-electron chi connectivity index (χ3n) is 6.04. The van der Waals surface area contributed by atoms with Crippen molar-refractivity contribution >= 4 is 44.8 Å². The number of nitrogens with one attached hydrogen (secondary N) is 3. The number of carbonyl (C=O) groups is 1. The van der Waals surface area contributed by atoms with E-state index in [4.69, 9.17) is 0 Å². The lowest BCUT2D eigenvalue weighted by Gasteiger charge is -2.11. The van der Waals surface area contributed by atoms with E-state index in [1.165, 1.54) is 5.56 Å². The summed E-state index contributed by atoms with van der Waals surface area (Å²) in [6.07, 6.45) is 3.24. The number of nitrogens with zero attached hydrogens (tertiary/aromatic N) is 2. The summed E-state index contributed by atoms with van der Waals surface area (Å²) < 4.78 is 0. The molecule has 8 nitrogen and oxygen atoms in total. The van der Waals surface area contributed by atoms with Crippen molar-refractivity contribution in [2.24, 2.45) is 10.2 Å². The first-order valence-electron chi connectivity index (χ1n) is 11.8. The summed E-state index contributed by atoms with van der Waals surface area (Å²) in [4.78, 5) is 30.0. The molecule has 0 radical (unpaired) electrons. The van der Waals surface area contributed by atoms with Gasteiger partial charge in [0, 0.05) is 11.1 Å². The molecule has 180 valence electrons. The summed E-state index contributed by atoms with van der Waals surface area (Å²) in [5.41, 5.74) is 3.58. The molecular formula is C28H25N5O3. The number of hydrogen-bond donors (Lipinski definition) is 4. The number of rotatable bonds is 7. The SMILES string of the molecule is CCCCc1ccc(NC(=O)c2cc3ccccc3c(N=Nc3ccc4[nH]c(=O)[nH]c4c3)c2O)cc1. The zero-order valence-electron chi connectivity index (χ0n) is 19.7. The number of aryl methyl sites for hydroxylation is 1. The average Bonchev–Trinajstić information content (AvgIpc) is 3.26. The van der Waals surface area contributed by atoms with Gasteiger partial charge in [0.05, 0.1) is 22.3 Å². The maximum Gasteiger partial charge on any atom is 0.323 e. The van der Waals surface area contributed by atoms with Crippen LogP contribution < -0.4 is 11.0 Å². The van der Waals surface area contributed by atoms with Crippen LogP contribution in [0.25, 0.3) is 21.8 Å². The van der Waals surface area contributed by atoms with Crippen LogP contribution in [-0.4, -0.2) is 21.0 Å². The topological polar surface area (TPSA) is 123 Å². The van der Waals surface area contributed by atoms with Gasteiger partial charge in [-0.05, 0) is 60.2 Å². The lowest BCUT2D eigenvalue weighted by atomic mass is 10.0. The maximum absolute atomic E-state index is 13.1. The number of aromatic hydroxyl groups is 1. The first-order chi connectivity index (χ1) is 17.5. The van der Waals surface area contributed by atoms with E-state index in [1.807, 2.05) is 48.5 Å². The minimum absolute atomic E-state index is 0.100. The second-order valence-corrected chi connectivity index (χ2v) is 8.61. The van der Waals surface area contributed by atoms with Gasteiger partial charge in [-0.15, -0.1) is 5.11 Å². The summed E-state index contributed by atoms with van der Waals surface area (Å²) in [5, 5.41) is 23.9. The predicted molar refractivity (Wildman–Crippen MR) is 142 cm³/mol. The van der Waals surface area contributed by atoms with Crippen molar-refractivity contribution in [3.63, 3.8) is 0 Å². The van der Waals surface area contributed by atoms with Crippen LogP contribution in [0.2, 0.25) is 0 Å². The van der Waals surface area contributed by atoms with Crippen molar-refractivity contribution in [3.8, 4) is 5.75 Å². The van der Waals surface area contributed by atoms with Crippen LogP contribution in [0.4, 0.5) is 17.1 Å². The number of aromatic amines is 2. The Kier molecular flexibility index (Phi) is 6.32. The predicted octanol–water partition coefficient (Wildman–Crippen LogP) is 6.73. The number of benzene rings is 4. The average molecular weight is 480 g/mol. The molecule has 0 spiro atoms. The number of hydrogen-bond acceptors (Lipinski definition) is 5.